The summed E-state index contributed by atoms with van der Waals surface area (Å²) in [6.45, 7) is 5.64. The van der Waals surface area contributed by atoms with Crippen molar-refractivity contribution in [1.82, 2.24) is 15.2 Å². The average molecular weight is 345 g/mol. The van der Waals surface area contributed by atoms with Gasteiger partial charge in [0.2, 0.25) is 0 Å². The van der Waals surface area contributed by atoms with E-state index in [4.69, 9.17) is 4.74 Å². The Kier molecular flexibility index (Phi) is 5.35. The van der Waals surface area contributed by atoms with Crippen molar-refractivity contribution in [3.63, 3.8) is 0 Å². The molecule has 2 amide bonds. The highest BCUT2D eigenvalue weighted by Crippen LogP contribution is 2.28. The molecule has 1 aliphatic rings. The topological polar surface area (TPSA) is 54.5 Å². The summed E-state index contributed by atoms with van der Waals surface area (Å²) in [5.74, 6) is 0.885. The maximum absolute atomic E-state index is 12.1. The van der Waals surface area contributed by atoms with E-state index in [0.717, 1.165) is 34.9 Å². The van der Waals surface area contributed by atoms with Crippen molar-refractivity contribution >= 4 is 17.4 Å². The third-order valence-electron chi connectivity index (χ3n) is 3.95. The van der Waals surface area contributed by atoms with Gasteiger partial charge >= 0.3 is 6.03 Å². The number of ether oxygens (including phenoxy) is 1. The third-order valence-corrected chi connectivity index (χ3v) is 4.82. The summed E-state index contributed by atoms with van der Waals surface area (Å²) >= 11 is 1.58. The molecule has 0 saturated heterocycles. The first-order valence-electron chi connectivity index (χ1n) is 8.33. The van der Waals surface area contributed by atoms with Gasteiger partial charge in [-0.2, -0.15) is 0 Å². The molecule has 1 fully saturated rings. The molecule has 3 rings (SSSR count). The van der Waals surface area contributed by atoms with Crippen molar-refractivity contribution in [1.29, 1.82) is 0 Å². The number of para-hydroxylation sites is 1. The monoisotopic (exact) mass is 345 g/mol. The minimum Gasteiger partial charge on any atom is -0.486 e. The van der Waals surface area contributed by atoms with Crippen LogP contribution in [0.2, 0.25) is 0 Å². The quantitative estimate of drug-likeness (QED) is 0.832. The first kappa shape index (κ1) is 16.8. The van der Waals surface area contributed by atoms with Gasteiger partial charge in [-0.1, -0.05) is 18.2 Å². The number of carbonyl (C=O) groups is 1. The third kappa shape index (κ3) is 4.26. The zero-order valence-corrected chi connectivity index (χ0v) is 14.9. The lowest BCUT2D eigenvalue weighted by Gasteiger charge is -2.21. The van der Waals surface area contributed by atoms with Gasteiger partial charge in [-0.25, -0.2) is 9.78 Å². The molecule has 1 aromatic heterocycles. The molecule has 1 aliphatic carbocycles. The summed E-state index contributed by atoms with van der Waals surface area (Å²) in [6.07, 6.45) is 2.18. The molecule has 1 aromatic carbocycles. The Bertz CT molecular complexity index is 697. The predicted octanol–water partition coefficient (Wildman–Crippen LogP) is 3.72. The molecule has 128 valence electrons. The number of hydrogen-bond acceptors (Lipinski definition) is 4. The second kappa shape index (κ2) is 7.66. The van der Waals surface area contributed by atoms with Gasteiger partial charge < -0.3 is 15.0 Å². The second-order valence-corrected chi connectivity index (χ2v) is 6.92. The number of aryl methyl sites for hydroxylation is 1. The standard InChI is InChI=1S/C18H23N3O2S/c1-3-19-18(22)21(15-8-9-15)10-14-12-24-17(20-14)11-23-16-7-5-4-6-13(16)2/h4-7,12,15H,3,8-11H2,1-2H3,(H,19,22). The van der Waals surface area contributed by atoms with Crippen LogP contribution >= 0.6 is 11.3 Å². The van der Waals surface area contributed by atoms with E-state index in [1.807, 2.05) is 48.4 Å². The highest BCUT2D eigenvalue weighted by Gasteiger charge is 2.32. The van der Waals surface area contributed by atoms with Gasteiger partial charge in [-0.15, -0.1) is 11.3 Å². The van der Waals surface area contributed by atoms with Crippen molar-refractivity contribution < 1.29 is 9.53 Å². The SMILES string of the molecule is CCNC(=O)N(Cc1csc(COc2ccccc2C)n1)C1CC1. The Labute approximate surface area is 146 Å². The van der Waals surface area contributed by atoms with Gasteiger partial charge in [0.15, 0.2) is 0 Å². The van der Waals surface area contributed by atoms with E-state index < -0.39 is 0 Å². The Morgan fingerprint density at radius 2 is 2.21 bits per heavy atom. The van der Waals surface area contributed by atoms with Gasteiger partial charge in [0.05, 0.1) is 12.2 Å². The predicted molar refractivity (Wildman–Crippen MR) is 95.3 cm³/mol. The van der Waals surface area contributed by atoms with Crippen LogP contribution in [0.15, 0.2) is 29.6 Å². The van der Waals surface area contributed by atoms with Crippen LogP contribution < -0.4 is 10.1 Å². The molecule has 0 unspecified atom stereocenters. The number of benzene rings is 1. The molecule has 5 nitrogen and oxygen atoms in total. The number of aromatic nitrogens is 1. The Morgan fingerprint density at radius 3 is 2.92 bits per heavy atom. The van der Waals surface area contributed by atoms with Crippen molar-refractivity contribution in [2.24, 2.45) is 0 Å². The maximum Gasteiger partial charge on any atom is 0.317 e. The highest BCUT2D eigenvalue weighted by atomic mass is 32.1. The summed E-state index contributed by atoms with van der Waals surface area (Å²) in [4.78, 5) is 18.7. The smallest absolute Gasteiger partial charge is 0.317 e. The summed E-state index contributed by atoms with van der Waals surface area (Å²) < 4.78 is 5.84. The zero-order valence-electron chi connectivity index (χ0n) is 14.1. The largest absolute Gasteiger partial charge is 0.486 e. The van der Waals surface area contributed by atoms with Gasteiger partial charge in [0.25, 0.3) is 0 Å². The number of amides is 2. The first-order valence-corrected chi connectivity index (χ1v) is 9.21. The number of thiazole rings is 1. The van der Waals surface area contributed by atoms with Gasteiger partial charge in [-0.05, 0) is 38.3 Å². The van der Waals surface area contributed by atoms with Gasteiger partial charge in [0.1, 0.15) is 17.4 Å². The summed E-state index contributed by atoms with van der Waals surface area (Å²) in [5.41, 5.74) is 2.05. The second-order valence-electron chi connectivity index (χ2n) is 5.98. The van der Waals surface area contributed by atoms with Crippen molar-refractivity contribution in [2.45, 2.75) is 45.9 Å². The normalized spacial score (nSPS) is 13.6. The Balaban J connectivity index is 1.58. The summed E-state index contributed by atoms with van der Waals surface area (Å²) in [5, 5.41) is 5.83. The van der Waals surface area contributed by atoms with Gasteiger partial charge in [-0.3, -0.25) is 0 Å². The summed E-state index contributed by atoms with van der Waals surface area (Å²) in [6, 6.07) is 8.33. The maximum atomic E-state index is 12.1. The van der Waals surface area contributed by atoms with Crippen LogP contribution in [0.1, 0.15) is 36.0 Å². The Hall–Kier alpha value is -2.08. The van der Waals surface area contributed by atoms with E-state index in [1.165, 1.54) is 0 Å². The molecule has 2 aromatic rings. The number of rotatable bonds is 7. The van der Waals surface area contributed by atoms with Gasteiger partial charge in [0, 0.05) is 18.0 Å². The van der Waals surface area contributed by atoms with E-state index >= 15 is 0 Å². The van der Waals surface area contributed by atoms with Crippen LogP contribution in [0.3, 0.4) is 0 Å². The minimum absolute atomic E-state index is 0.00529. The first-order chi connectivity index (χ1) is 11.7. The molecule has 0 atom stereocenters. The van der Waals surface area contributed by atoms with E-state index in [-0.39, 0.29) is 6.03 Å². The van der Waals surface area contributed by atoms with Crippen molar-refractivity contribution in [2.75, 3.05) is 6.54 Å². The lowest BCUT2D eigenvalue weighted by Crippen LogP contribution is -2.40. The lowest BCUT2D eigenvalue weighted by atomic mass is 10.2. The highest BCUT2D eigenvalue weighted by molar-refractivity contribution is 7.09. The molecule has 1 saturated carbocycles. The number of urea groups is 1. The molecular weight excluding hydrogens is 322 g/mol. The van der Waals surface area contributed by atoms with Crippen LogP contribution in [0.5, 0.6) is 5.75 Å². The van der Waals surface area contributed by atoms with E-state index in [9.17, 15) is 4.79 Å². The van der Waals surface area contributed by atoms with Crippen molar-refractivity contribution in [3.05, 3.63) is 45.9 Å². The molecule has 24 heavy (non-hydrogen) atoms. The number of hydrogen-bond donors (Lipinski definition) is 1. The molecule has 6 heteroatoms. The zero-order chi connectivity index (χ0) is 16.9. The van der Waals surface area contributed by atoms with Crippen LogP contribution in [-0.2, 0) is 13.2 Å². The number of nitrogens with zero attached hydrogens (tertiary/aromatic N) is 2. The van der Waals surface area contributed by atoms with Crippen LogP contribution in [-0.4, -0.2) is 28.5 Å². The summed E-state index contributed by atoms with van der Waals surface area (Å²) in [7, 11) is 0. The van der Waals surface area contributed by atoms with Crippen LogP contribution in [0, 0.1) is 6.92 Å². The van der Waals surface area contributed by atoms with E-state index in [0.29, 0.717) is 25.7 Å². The van der Waals surface area contributed by atoms with E-state index in [2.05, 4.69) is 10.3 Å². The Morgan fingerprint density at radius 1 is 1.42 bits per heavy atom. The molecule has 0 radical (unpaired) electrons. The number of carbonyl (C=O) groups excluding carboxylic acids is 1. The molecular formula is C18H23N3O2S. The lowest BCUT2D eigenvalue weighted by molar-refractivity contribution is 0.192. The fourth-order valence-electron chi connectivity index (χ4n) is 2.53. The van der Waals surface area contributed by atoms with Crippen molar-refractivity contribution in [3.8, 4) is 5.75 Å². The minimum atomic E-state index is 0.00529. The van der Waals surface area contributed by atoms with Crippen LogP contribution in [0.4, 0.5) is 4.79 Å². The fourth-order valence-corrected chi connectivity index (χ4v) is 3.22. The number of nitrogens with one attached hydrogen (secondary N) is 1. The molecule has 1 heterocycles. The molecule has 1 N–H and O–H groups in total. The average Bonchev–Trinajstić information content (AvgIpc) is 3.31. The fraction of sp³-hybridized carbons (Fsp3) is 0.444. The molecule has 0 bridgehead atoms. The van der Waals surface area contributed by atoms with Crippen LogP contribution in [0.25, 0.3) is 0 Å². The molecule has 0 spiro atoms. The molecule has 0 aliphatic heterocycles. The van der Waals surface area contributed by atoms with E-state index in [1.54, 1.807) is 11.3 Å².